The average Bonchev–Trinajstić information content (AvgIpc) is 2.05. The summed E-state index contributed by atoms with van der Waals surface area (Å²) in [7, 11) is 4.16. The molecule has 0 aliphatic heterocycles. The second kappa shape index (κ2) is 6.99. The molecule has 0 rings (SSSR count). The van der Waals surface area contributed by atoms with E-state index in [2.05, 4.69) is 39.4 Å². The van der Waals surface area contributed by atoms with E-state index in [9.17, 15) is 0 Å². The van der Waals surface area contributed by atoms with Crippen LogP contribution in [0.1, 0.15) is 46.0 Å². The Balaban J connectivity index is 3.86. The Morgan fingerprint density at radius 1 is 1.15 bits per heavy atom. The molecule has 78 valence electrons. The van der Waals surface area contributed by atoms with Crippen molar-refractivity contribution in [3.8, 4) is 0 Å². The molecule has 0 aromatic rings. The molecule has 0 aromatic carbocycles. The normalized spacial score (nSPS) is 10.5. The van der Waals surface area contributed by atoms with Gasteiger partial charge in [0.1, 0.15) is 0 Å². The van der Waals surface area contributed by atoms with Crippen LogP contribution in [0.25, 0.3) is 0 Å². The predicted molar refractivity (Wildman–Crippen MR) is 60.8 cm³/mol. The average molecular weight is 183 g/mol. The van der Waals surface area contributed by atoms with Crippen LogP contribution in [0.15, 0.2) is 12.3 Å². The quantitative estimate of drug-likeness (QED) is 0.582. The van der Waals surface area contributed by atoms with E-state index in [4.69, 9.17) is 0 Å². The predicted octanol–water partition coefficient (Wildman–Crippen LogP) is 3.67. The van der Waals surface area contributed by atoms with Crippen LogP contribution in [0, 0.1) is 5.92 Å². The first kappa shape index (κ1) is 12.5. The first-order chi connectivity index (χ1) is 6.11. The molecule has 0 unspecified atom stereocenters. The summed E-state index contributed by atoms with van der Waals surface area (Å²) in [6.45, 7) is 8.61. The second-order valence-electron chi connectivity index (χ2n) is 4.11. The Morgan fingerprint density at radius 2 is 1.62 bits per heavy atom. The Labute approximate surface area is 83.8 Å². The summed E-state index contributed by atoms with van der Waals surface area (Å²) in [6.07, 6.45) is 6.47. The SMILES string of the molecule is C=C(CC(CCC)CCC)N(C)C. The lowest BCUT2D eigenvalue weighted by atomic mass is 9.93. The van der Waals surface area contributed by atoms with Gasteiger partial charge in [-0.05, 0) is 12.3 Å². The zero-order valence-corrected chi connectivity index (χ0v) is 9.77. The van der Waals surface area contributed by atoms with E-state index in [-0.39, 0.29) is 0 Å². The fourth-order valence-corrected chi connectivity index (χ4v) is 1.68. The minimum Gasteiger partial charge on any atom is -0.381 e. The maximum absolute atomic E-state index is 4.08. The molecule has 0 aliphatic rings. The third-order valence-corrected chi connectivity index (χ3v) is 2.55. The Kier molecular flexibility index (Phi) is 6.75. The maximum atomic E-state index is 4.08. The zero-order chi connectivity index (χ0) is 10.3. The third-order valence-electron chi connectivity index (χ3n) is 2.55. The molecule has 13 heavy (non-hydrogen) atoms. The number of nitrogens with zero attached hydrogens (tertiary/aromatic N) is 1. The molecule has 0 saturated heterocycles. The van der Waals surface area contributed by atoms with Crippen LogP contribution in [-0.4, -0.2) is 19.0 Å². The molecule has 0 aliphatic carbocycles. The lowest BCUT2D eigenvalue weighted by Crippen LogP contribution is -2.13. The molecule has 0 atom stereocenters. The fourth-order valence-electron chi connectivity index (χ4n) is 1.68. The highest BCUT2D eigenvalue weighted by Crippen LogP contribution is 2.21. The van der Waals surface area contributed by atoms with E-state index in [1.54, 1.807) is 0 Å². The molecule has 0 amide bonds. The van der Waals surface area contributed by atoms with Crippen molar-refractivity contribution in [2.24, 2.45) is 5.92 Å². The molecular formula is C12H25N. The van der Waals surface area contributed by atoms with Crippen molar-refractivity contribution in [1.82, 2.24) is 4.90 Å². The lowest BCUT2D eigenvalue weighted by Gasteiger charge is -2.21. The highest BCUT2D eigenvalue weighted by Gasteiger charge is 2.09. The van der Waals surface area contributed by atoms with Gasteiger partial charge in [-0.15, -0.1) is 0 Å². The summed E-state index contributed by atoms with van der Waals surface area (Å²) in [4.78, 5) is 2.14. The van der Waals surface area contributed by atoms with Crippen molar-refractivity contribution in [3.05, 3.63) is 12.3 Å². The fraction of sp³-hybridized carbons (Fsp3) is 0.833. The first-order valence-electron chi connectivity index (χ1n) is 5.46. The van der Waals surface area contributed by atoms with Crippen molar-refractivity contribution in [2.45, 2.75) is 46.0 Å². The van der Waals surface area contributed by atoms with Gasteiger partial charge in [0.05, 0.1) is 0 Å². The number of allylic oxidation sites excluding steroid dienone is 1. The molecule has 0 bridgehead atoms. The standard InChI is InChI=1S/C12H25N/c1-6-8-12(9-7-2)10-11(3)13(4)5/h12H,3,6-10H2,1-2,4-5H3. The minimum absolute atomic E-state index is 0.852. The van der Waals surface area contributed by atoms with E-state index in [0.29, 0.717) is 0 Å². The number of hydrogen-bond donors (Lipinski definition) is 0. The molecule has 0 N–H and O–H groups in total. The van der Waals surface area contributed by atoms with E-state index in [1.165, 1.54) is 37.8 Å². The zero-order valence-electron chi connectivity index (χ0n) is 9.77. The maximum Gasteiger partial charge on any atom is 0.00579 e. The summed E-state index contributed by atoms with van der Waals surface area (Å²) in [5.74, 6) is 0.852. The molecule has 0 spiro atoms. The van der Waals surface area contributed by atoms with E-state index in [0.717, 1.165) is 5.92 Å². The summed E-state index contributed by atoms with van der Waals surface area (Å²) in [6, 6.07) is 0. The lowest BCUT2D eigenvalue weighted by molar-refractivity contribution is 0.384. The van der Waals surface area contributed by atoms with Gasteiger partial charge in [-0.2, -0.15) is 0 Å². The van der Waals surface area contributed by atoms with E-state index >= 15 is 0 Å². The Hall–Kier alpha value is -0.460. The number of hydrogen-bond acceptors (Lipinski definition) is 1. The smallest absolute Gasteiger partial charge is 0.00579 e. The van der Waals surface area contributed by atoms with Crippen LogP contribution < -0.4 is 0 Å². The molecule has 0 radical (unpaired) electrons. The van der Waals surface area contributed by atoms with Crippen LogP contribution in [0.3, 0.4) is 0 Å². The molecule has 0 saturated carbocycles. The van der Waals surface area contributed by atoms with Crippen molar-refractivity contribution in [2.75, 3.05) is 14.1 Å². The Morgan fingerprint density at radius 3 is 1.92 bits per heavy atom. The first-order valence-corrected chi connectivity index (χ1v) is 5.46. The molecule has 0 heterocycles. The van der Waals surface area contributed by atoms with Crippen molar-refractivity contribution in [3.63, 3.8) is 0 Å². The van der Waals surface area contributed by atoms with Gasteiger partial charge in [-0.1, -0.05) is 46.1 Å². The van der Waals surface area contributed by atoms with Crippen LogP contribution in [-0.2, 0) is 0 Å². The minimum atomic E-state index is 0.852. The topological polar surface area (TPSA) is 3.24 Å². The van der Waals surface area contributed by atoms with E-state index in [1.807, 2.05) is 0 Å². The van der Waals surface area contributed by atoms with Crippen LogP contribution in [0.5, 0.6) is 0 Å². The second-order valence-corrected chi connectivity index (χ2v) is 4.11. The monoisotopic (exact) mass is 183 g/mol. The van der Waals surface area contributed by atoms with Crippen LogP contribution in [0.4, 0.5) is 0 Å². The van der Waals surface area contributed by atoms with Gasteiger partial charge in [0.25, 0.3) is 0 Å². The van der Waals surface area contributed by atoms with Gasteiger partial charge in [0.15, 0.2) is 0 Å². The van der Waals surface area contributed by atoms with Gasteiger partial charge in [0.2, 0.25) is 0 Å². The Bertz CT molecular complexity index is 132. The van der Waals surface area contributed by atoms with Crippen molar-refractivity contribution in [1.29, 1.82) is 0 Å². The van der Waals surface area contributed by atoms with Gasteiger partial charge >= 0.3 is 0 Å². The third kappa shape index (κ3) is 5.73. The van der Waals surface area contributed by atoms with Crippen molar-refractivity contribution >= 4 is 0 Å². The molecule has 0 aromatic heterocycles. The number of rotatable bonds is 7. The molecule has 0 fully saturated rings. The van der Waals surface area contributed by atoms with E-state index < -0.39 is 0 Å². The molecule has 1 heteroatoms. The highest BCUT2D eigenvalue weighted by atomic mass is 15.1. The van der Waals surface area contributed by atoms with Crippen molar-refractivity contribution < 1.29 is 0 Å². The molecular weight excluding hydrogens is 158 g/mol. The summed E-state index contributed by atoms with van der Waals surface area (Å²) < 4.78 is 0. The molecule has 1 nitrogen and oxygen atoms in total. The summed E-state index contributed by atoms with van der Waals surface area (Å²) in [5, 5.41) is 0. The largest absolute Gasteiger partial charge is 0.381 e. The van der Waals surface area contributed by atoms with Gasteiger partial charge in [-0.3, -0.25) is 0 Å². The summed E-state index contributed by atoms with van der Waals surface area (Å²) >= 11 is 0. The van der Waals surface area contributed by atoms with Gasteiger partial charge < -0.3 is 4.90 Å². The van der Waals surface area contributed by atoms with Crippen LogP contribution in [0.2, 0.25) is 0 Å². The summed E-state index contributed by atoms with van der Waals surface area (Å²) in [5.41, 5.74) is 1.27. The van der Waals surface area contributed by atoms with Gasteiger partial charge in [-0.25, -0.2) is 0 Å². The highest BCUT2D eigenvalue weighted by molar-refractivity contribution is 4.92. The van der Waals surface area contributed by atoms with Gasteiger partial charge in [0, 0.05) is 19.8 Å². The van der Waals surface area contributed by atoms with Crippen LogP contribution >= 0.6 is 0 Å².